The molecule has 3 heterocycles. The molecule has 172 valence electrons. The molecule has 0 aliphatic carbocycles. The molecule has 0 atom stereocenters. The smallest absolute Gasteiger partial charge is 0.329 e. The lowest BCUT2D eigenvalue weighted by atomic mass is 10.1. The van der Waals surface area contributed by atoms with Gasteiger partial charge in [-0.2, -0.15) is 8.78 Å². The molecule has 1 saturated heterocycles. The summed E-state index contributed by atoms with van der Waals surface area (Å²) in [6.45, 7) is 1.86. The third-order valence-corrected chi connectivity index (χ3v) is 6.18. The van der Waals surface area contributed by atoms with Crippen LogP contribution in [0.15, 0.2) is 51.7 Å². The van der Waals surface area contributed by atoms with Gasteiger partial charge in [0.1, 0.15) is 5.82 Å². The van der Waals surface area contributed by atoms with Gasteiger partial charge in [-0.1, -0.05) is 18.2 Å². The molecule has 1 aliphatic heterocycles. The molecule has 4 aromatic rings. The maximum absolute atomic E-state index is 15.0. The Morgan fingerprint density at radius 1 is 1.09 bits per heavy atom. The highest BCUT2D eigenvalue weighted by Crippen LogP contribution is 2.27. The second-order valence-corrected chi connectivity index (χ2v) is 8.31. The van der Waals surface area contributed by atoms with E-state index in [2.05, 4.69) is 22.1 Å². The quantitative estimate of drug-likeness (QED) is 0.448. The predicted molar refractivity (Wildman–Crippen MR) is 116 cm³/mol. The van der Waals surface area contributed by atoms with E-state index < -0.39 is 18.1 Å². The van der Waals surface area contributed by atoms with Crippen molar-refractivity contribution in [2.45, 2.75) is 31.9 Å². The van der Waals surface area contributed by atoms with Gasteiger partial charge in [0.15, 0.2) is 0 Å². The first-order valence-electron chi connectivity index (χ1n) is 10.7. The number of halogens is 3. The van der Waals surface area contributed by atoms with E-state index >= 15 is 0 Å². The third kappa shape index (κ3) is 3.95. The number of fused-ring (bicyclic) bond motifs is 1. The number of piperidine rings is 1. The topological polar surface area (TPSA) is 69.1 Å². The van der Waals surface area contributed by atoms with Crippen LogP contribution in [0.4, 0.5) is 13.2 Å². The number of aromatic nitrogens is 4. The normalized spacial score (nSPS) is 15.7. The SMILES string of the molecule is CN1CCC(n2c(=O)n(Cc3ccc(-c4nnc(C(F)F)o4)cc3F)c3ccccc32)CC1. The highest BCUT2D eigenvalue weighted by atomic mass is 19.3. The van der Waals surface area contributed by atoms with E-state index in [0.29, 0.717) is 5.56 Å². The molecule has 2 aromatic heterocycles. The van der Waals surface area contributed by atoms with E-state index in [4.69, 9.17) is 4.42 Å². The molecular weight excluding hydrogens is 435 g/mol. The Labute approximate surface area is 187 Å². The number of imidazole rings is 1. The number of rotatable bonds is 5. The Morgan fingerprint density at radius 2 is 1.82 bits per heavy atom. The predicted octanol–water partition coefficient (Wildman–Crippen LogP) is 4.24. The van der Waals surface area contributed by atoms with Crippen LogP contribution < -0.4 is 5.69 Å². The molecule has 0 radical (unpaired) electrons. The lowest BCUT2D eigenvalue weighted by Crippen LogP contribution is -2.36. The van der Waals surface area contributed by atoms with E-state index in [1.807, 2.05) is 28.8 Å². The summed E-state index contributed by atoms with van der Waals surface area (Å²) in [5.74, 6) is -1.60. The second kappa shape index (κ2) is 8.51. The first kappa shape index (κ1) is 21.4. The molecule has 7 nitrogen and oxygen atoms in total. The lowest BCUT2D eigenvalue weighted by molar-refractivity contribution is 0.116. The van der Waals surface area contributed by atoms with E-state index in [1.165, 1.54) is 12.1 Å². The molecule has 2 aromatic carbocycles. The highest BCUT2D eigenvalue weighted by molar-refractivity contribution is 5.76. The first-order valence-corrected chi connectivity index (χ1v) is 10.7. The van der Waals surface area contributed by atoms with Gasteiger partial charge >= 0.3 is 12.1 Å². The average Bonchev–Trinajstić information content (AvgIpc) is 3.40. The maximum atomic E-state index is 15.0. The zero-order valence-electron chi connectivity index (χ0n) is 17.9. The lowest BCUT2D eigenvalue weighted by Gasteiger charge is -2.29. The van der Waals surface area contributed by atoms with Crippen molar-refractivity contribution in [3.63, 3.8) is 0 Å². The summed E-state index contributed by atoms with van der Waals surface area (Å²) in [5, 5.41) is 6.82. The minimum absolute atomic E-state index is 0.0389. The molecule has 0 unspecified atom stereocenters. The summed E-state index contributed by atoms with van der Waals surface area (Å²) in [5.41, 5.74) is 1.88. The van der Waals surface area contributed by atoms with Crippen LogP contribution in [0.5, 0.6) is 0 Å². The van der Waals surface area contributed by atoms with Gasteiger partial charge in [-0.3, -0.25) is 9.13 Å². The van der Waals surface area contributed by atoms with Crippen LogP contribution in [0.3, 0.4) is 0 Å². The average molecular weight is 457 g/mol. The minimum atomic E-state index is -2.90. The van der Waals surface area contributed by atoms with Gasteiger partial charge in [0.2, 0.25) is 5.89 Å². The Morgan fingerprint density at radius 3 is 2.48 bits per heavy atom. The molecule has 0 N–H and O–H groups in total. The molecule has 0 amide bonds. The number of nitrogens with zero attached hydrogens (tertiary/aromatic N) is 5. The highest BCUT2D eigenvalue weighted by Gasteiger charge is 2.24. The van der Waals surface area contributed by atoms with Crippen molar-refractivity contribution in [2.75, 3.05) is 20.1 Å². The summed E-state index contributed by atoms with van der Waals surface area (Å²) < 4.78 is 48.7. The van der Waals surface area contributed by atoms with Gasteiger partial charge in [-0.15, -0.1) is 10.2 Å². The summed E-state index contributed by atoms with van der Waals surface area (Å²) >= 11 is 0. The number of alkyl halides is 2. The third-order valence-electron chi connectivity index (χ3n) is 6.18. The Balaban J connectivity index is 1.49. The largest absolute Gasteiger partial charge is 0.415 e. The molecule has 33 heavy (non-hydrogen) atoms. The molecule has 1 fully saturated rings. The van der Waals surface area contributed by atoms with Gasteiger partial charge < -0.3 is 9.32 Å². The summed E-state index contributed by atoms with van der Waals surface area (Å²) in [6, 6.07) is 11.8. The van der Waals surface area contributed by atoms with E-state index in [-0.39, 0.29) is 29.7 Å². The van der Waals surface area contributed by atoms with Gasteiger partial charge in [0.25, 0.3) is 5.89 Å². The van der Waals surface area contributed by atoms with Crippen LogP contribution in [0, 0.1) is 5.82 Å². The Bertz CT molecular complexity index is 1350. The van der Waals surface area contributed by atoms with Crippen molar-refractivity contribution in [2.24, 2.45) is 0 Å². The second-order valence-electron chi connectivity index (χ2n) is 8.31. The van der Waals surface area contributed by atoms with Crippen molar-refractivity contribution < 1.29 is 17.6 Å². The fourth-order valence-corrected chi connectivity index (χ4v) is 4.41. The van der Waals surface area contributed by atoms with Crippen molar-refractivity contribution in [3.8, 4) is 11.5 Å². The first-order chi connectivity index (χ1) is 15.9. The standard InChI is InChI=1S/C23H22F3N5O2/c1-29-10-8-16(9-11-29)31-19-5-3-2-4-18(19)30(23(31)32)13-15-7-6-14(12-17(15)24)21-27-28-22(33-21)20(25)26/h2-7,12,16,20H,8-11,13H2,1H3. The van der Waals surface area contributed by atoms with Crippen LogP contribution in [-0.4, -0.2) is 44.4 Å². The van der Waals surface area contributed by atoms with Gasteiger partial charge in [0.05, 0.1) is 17.6 Å². The summed E-state index contributed by atoms with van der Waals surface area (Å²) in [7, 11) is 2.07. The molecule has 0 spiro atoms. The minimum Gasteiger partial charge on any atom is -0.415 e. The molecule has 5 rings (SSSR count). The van der Waals surface area contributed by atoms with E-state index in [0.717, 1.165) is 43.0 Å². The van der Waals surface area contributed by atoms with Crippen molar-refractivity contribution in [1.29, 1.82) is 0 Å². The fourth-order valence-electron chi connectivity index (χ4n) is 4.41. The van der Waals surface area contributed by atoms with Gasteiger partial charge in [-0.25, -0.2) is 9.18 Å². The van der Waals surface area contributed by atoms with Gasteiger partial charge in [-0.05, 0) is 57.2 Å². The van der Waals surface area contributed by atoms with Gasteiger partial charge in [0, 0.05) is 17.2 Å². The number of likely N-dealkylation sites (tertiary alicyclic amines) is 1. The molecule has 10 heteroatoms. The zero-order valence-corrected chi connectivity index (χ0v) is 17.9. The van der Waals surface area contributed by atoms with E-state index in [1.54, 1.807) is 4.57 Å². The maximum Gasteiger partial charge on any atom is 0.329 e. The zero-order chi connectivity index (χ0) is 23.1. The molecular formula is C23H22F3N5O2. The van der Waals surface area contributed by atoms with Crippen molar-refractivity contribution in [1.82, 2.24) is 24.2 Å². The van der Waals surface area contributed by atoms with Crippen molar-refractivity contribution >= 4 is 11.0 Å². The molecule has 0 bridgehead atoms. The van der Waals surface area contributed by atoms with E-state index in [9.17, 15) is 18.0 Å². The van der Waals surface area contributed by atoms with Crippen LogP contribution >= 0.6 is 0 Å². The monoisotopic (exact) mass is 457 g/mol. The Hall–Kier alpha value is -3.40. The summed E-state index contributed by atoms with van der Waals surface area (Å²) in [6.07, 6.45) is -1.15. The number of hydrogen-bond donors (Lipinski definition) is 0. The summed E-state index contributed by atoms with van der Waals surface area (Å²) in [4.78, 5) is 15.7. The number of benzene rings is 2. The molecule has 0 saturated carbocycles. The molecule has 1 aliphatic rings. The van der Waals surface area contributed by atoms with Crippen LogP contribution in [0.1, 0.15) is 36.8 Å². The van der Waals surface area contributed by atoms with Crippen molar-refractivity contribution in [3.05, 3.63) is 70.2 Å². The number of para-hydroxylation sites is 2. The van der Waals surface area contributed by atoms with Crippen LogP contribution in [0.25, 0.3) is 22.5 Å². The number of hydrogen-bond acceptors (Lipinski definition) is 5. The fraction of sp³-hybridized carbons (Fsp3) is 0.348. The Kier molecular flexibility index (Phi) is 5.53. The van der Waals surface area contributed by atoms with Crippen LogP contribution in [-0.2, 0) is 6.54 Å². The van der Waals surface area contributed by atoms with Crippen LogP contribution in [0.2, 0.25) is 0 Å².